The minimum absolute atomic E-state index is 0.397. The van der Waals surface area contributed by atoms with Crippen molar-refractivity contribution in [1.29, 1.82) is 0 Å². The number of rotatable bonds is 6. The van der Waals surface area contributed by atoms with Crippen LogP contribution in [-0.2, 0) is 6.61 Å². The molecule has 4 nitrogen and oxygen atoms in total. The average molecular weight is 233 g/mol. The Labute approximate surface area is 100 Å². The van der Waals surface area contributed by atoms with E-state index in [-0.39, 0.29) is 0 Å². The highest BCUT2D eigenvalue weighted by Gasteiger charge is 2.00. The molecule has 0 radical (unpaired) electrons. The standard InChI is InChI=1S/C13H15NO3/c1-2-7-15-12-4-3-5-13(9-12)16-10-11-6-8-17-14-11/h3-6,8-9H,2,7,10H2,1H3. The fraction of sp³-hybridized carbons (Fsp3) is 0.308. The van der Waals surface area contributed by atoms with Gasteiger partial charge in [0.05, 0.1) is 6.61 Å². The summed E-state index contributed by atoms with van der Waals surface area (Å²) in [6, 6.07) is 9.35. The Balaban J connectivity index is 1.91. The van der Waals surface area contributed by atoms with Crippen molar-refractivity contribution in [3.05, 3.63) is 42.3 Å². The summed E-state index contributed by atoms with van der Waals surface area (Å²) >= 11 is 0. The quantitative estimate of drug-likeness (QED) is 0.769. The molecule has 0 bridgehead atoms. The van der Waals surface area contributed by atoms with Gasteiger partial charge >= 0.3 is 0 Å². The number of benzene rings is 1. The van der Waals surface area contributed by atoms with Gasteiger partial charge in [-0.2, -0.15) is 0 Å². The SMILES string of the molecule is CCCOc1cccc(OCc2ccon2)c1. The Kier molecular flexibility index (Phi) is 4.02. The lowest BCUT2D eigenvalue weighted by Gasteiger charge is -2.07. The second kappa shape index (κ2) is 5.94. The first-order valence-corrected chi connectivity index (χ1v) is 5.63. The lowest BCUT2D eigenvalue weighted by Crippen LogP contribution is -1.97. The van der Waals surface area contributed by atoms with E-state index in [0.717, 1.165) is 23.6 Å². The van der Waals surface area contributed by atoms with Gasteiger partial charge in [0.1, 0.15) is 30.1 Å². The molecule has 0 unspecified atom stereocenters. The molecule has 4 heteroatoms. The third kappa shape index (κ3) is 3.52. The zero-order valence-electron chi connectivity index (χ0n) is 9.76. The molecule has 17 heavy (non-hydrogen) atoms. The van der Waals surface area contributed by atoms with Crippen molar-refractivity contribution >= 4 is 0 Å². The smallest absolute Gasteiger partial charge is 0.134 e. The predicted octanol–water partition coefficient (Wildman–Crippen LogP) is 3.04. The maximum absolute atomic E-state index is 5.57. The van der Waals surface area contributed by atoms with Crippen molar-refractivity contribution in [3.63, 3.8) is 0 Å². The molecule has 1 heterocycles. The summed E-state index contributed by atoms with van der Waals surface area (Å²) < 4.78 is 15.8. The van der Waals surface area contributed by atoms with E-state index >= 15 is 0 Å². The molecule has 2 aromatic rings. The van der Waals surface area contributed by atoms with Crippen molar-refractivity contribution in [1.82, 2.24) is 5.16 Å². The van der Waals surface area contributed by atoms with Crippen LogP contribution in [0.4, 0.5) is 0 Å². The summed E-state index contributed by atoms with van der Waals surface area (Å²) in [5, 5.41) is 3.77. The summed E-state index contributed by atoms with van der Waals surface area (Å²) in [5.74, 6) is 1.59. The van der Waals surface area contributed by atoms with Gasteiger partial charge in [0.15, 0.2) is 0 Å². The maximum atomic E-state index is 5.57. The molecule has 0 saturated heterocycles. The first-order chi connectivity index (χ1) is 8.38. The number of aromatic nitrogens is 1. The van der Waals surface area contributed by atoms with E-state index in [4.69, 9.17) is 14.0 Å². The van der Waals surface area contributed by atoms with Gasteiger partial charge in [0.2, 0.25) is 0 Å². The number of hydrogen-bond acceptors (Lipinski definition) is 4. The zero-order chi connectivity index (χ0) is 11.9. The van der Waals surface area contributed by atoms with Crippen LogP contribution in [0, 0.1) is 0 Å². The predicted molar refractivity (Wildman–Crippen MR) is 63.1 cm³/mol. The first kappa shape index (κ1) is 11.5. The summed E-state index contributed by atoms with van der Waals surface area (Å²) in [6.45, 7) is 3.19. The van der Waals surface area contributed by atoms with E-state index in [0.29, 0.717) is 13.2 Å². The Morgan fingerprint density at radius 3 is 2.71 bits per heavy atom. The minimum atomic E-state index is 0.397. The average Bonchev–Trinajstić information content (AvgIpc) is 2.87. The Bertz CT molecular complexity index is 440. The Morgan fingerprint density at radius 2 is 2.00 bits per heavy atom. The lowest BCUT2D eigenvalue weighted by atomic mass is 10.3. The van der Waals surface area contributed by atoms with Gasteiger partial charge in [0.25, 0.3) is 0 Å². The molecule has 0 aliphatic heterocycles. The molecule has 0 spiro atoms. The number of hydrogen-bond donors (Lipinski definition) is 0. The molecule has 0 aliphatic rings. The second-order valence-electron chi connectivity index (χ2n) is 3.60. The van der Waals surface area contributed by atoms with Crippen molar-refractivity contribution in [2.24, 2.45) is 0 Å². The van der Waals surface area contributed by atoms with E-state index in [2.05, 4.69) is 12.1 Å². The molecule has 0 aliphatic carbocycles. The van der Waals surface area contributed by atoms with Crippen molar-refractivity contribution in [2.45, 2.75) is 20.0 Å². The molecular weight excluding hydrogens is 218 g/mol. The Morgan fingerprint density at radius 1 is 1.18 bits per heavy atom. The topological polar surface area (TPSA) is 44.5 Å². The van der Waals surface area contributed by atoms with E-state index in [1.807, 2.05) is 24.3 Å². The van der Waals surface area contributed by atoms with Gasteiger partial charge in [-0.15, -0.1) is 0 Å². The number of nitrogens with zero attached hydrogens (tertiary/aromatic N) is 1. The van der Waals surface area contributed by atoms with Crippen LogP contribution < -0.4 is 9.47 Å². The normalized spacial score (nSPS) is 10.2. The van der Waals surface area contributed by atoms with Crippen LogP contribution in [0.1, 0.15) is 19.0 Å². The summed E-state index contributed by atoms with van der Waals surface area (Å²) in [6.07, 6.45) is 2.52. The highest BCUT2D eigenvalue weighted by atomic mass is 16.5. The zero-order valence-corrected chi connectivity index (χ0v) is 9.76. The van der Waals surface area contributed by atoms with E-state index in [1.54, 1.807) is 6.07 Å². The molecular formula is C13H15NO3. The molecule has 2 rings (SSSR count). The third-order valence-corrected chi connectivity index (χ3v) is 2.16. The van der Waals surface area contributed by atoms with Crippen LogP contribution in [0.25, 0.3) is 0 Å². The molecule has 1 aromatic carbocycles. The fourth-order valence-electron chi connectivity index (χ4n) is 1.34. The van der Waals surface area contributed by atoms with Crippen molar-refractivity contribution < 1.29 is 14.0 Å². The number of ether oxygens (including phenoxy) is 2. The lowest BCUT2D eigenvalue weighted by molar-refractivity contribution is 0.283. The van der Waals surface area contributed by atoms with E-state index in [9.17, 15) is 0 Å². The maximum Gasteiger partial charge on any atom is 0.134 e. The first-order valence-electron chi connectivity index (χ1n) is 5.63. The van der Waals surface area contributed by atoms with Crippen LogP contribution >= 0.6 is 0 Å². The van der Waals surface area contributed by atoms with Gasteiger partial charge < -0.3 is 14.0 Å². The van der Waals surface area contributed by atoms with Crippen LogP contribution in [0.15, 0.2) is 41.1 Å². The van der Waals surface area contributed by atoms with Crippen LogP contribution in [0.2, 0.25) is 0 Å². The molecule has 90 valence electrons. The summed E-state index contributed by atoms with van der Waals surface area (Å²) in [4.78, 5) is 0. The minimum Gasteiger partial charge on any atom is -0.493 e. The molecule has 0 amide bonds. The van der Waals surface area contributed by atoms with Gasteiger partial charge in [0, 0.05) is 12.1 Å². The van der Waals surface area contributed by atoms with Crippen LogP contribution in [0.3, 0.4) is 0 Å². The molecule has 1 aromatic heterocycles. The largest absolute Gasteiger partial charge is 0.493 e. The van der Waals surface area contributed by atoms with Crippen molar-refractivity contribution in [3.8, 4) is 11.5 Å². The van der Waals surface area contributed by atoms with Gasteiger partial charge in [-0.3, -0.25) is 0 Å². The molecule has 0 saturated carbocycles. The van der Waals surface area contributed by atoms with Crippen molar-refractivity contribution in [2.75, 3.05) is 6.61 Å². The molecule has 0 atom stereocenters. The van der Waals surface area contributed by atoms with Crippen LogP contribution in [-0.4, -0.2) is 11.8 Å². The molecule has 0 fully saturated rings. The van der Waals surface area contributed by atoms with Crippen LogP contribution in [0.5, 0.6) is 11.5 Å². The third-order valence-electron chi connectivity index (χ3n) is 2.16. The summed E-state index contributed by atoms with van der Waals surface area (Å²) in [5.41, 5.74) is 0.768. The monoisotopic (exact) mass is 233 g/mol. The fourth-order valence-corrected chi connectivity index (χ4v) is 1.34. The summed E-state index contributed by atoms with van der Waals surface area (Å²) in [7, 11) is 0. The van der Waals surface area contributed by atoms with E-state index in [1.165, 1.54) is 6.26 Å². The van der Waals surface area contributed by atoms with E-state index < -0.39 is 0 Å². The Hall–Kier alpha value is -1.97. The highest BCUT2D eigenvalue weighted by molar-refractivity contribution is 5.32. The van der Waals surface area contributed by atoms with Gasteiger partial charge in [-0.05, 0) is 18.6 Å². The van der Waals surface area contributed by atoms with Gasteiger partial charge in [-0.1, -0.05) is 18.1 Å². The molecule has 0 N–H and O–H groups in total. The van der Waals surface area contributed by atoms with Gasteiger partial charge in [-0.25, -0.2) is 0 Å². The highest BCUT2D eigenvalue weighted by Crippen LogP contribution is 2.20. The second-order valence-corrected chi connectivity index (χ2v) is 3.60.